The van der Waals surface area contributed by atoms with E-state index in [2.05, 4.69) is 0 Å². The molecule has 3 rings (SSSR count). The number of rotatable bonds is 13. The predicted molar refractivity (Wildman–Crippen MR) is 142 cm³/mol. The molecule has 0 radical (unpaired) electrons. The number of methoxy groups -OCH3 is 1. The van der Waals surface area contributed by atoms with E-state index in [0.29, 0.717) is 26.1 Å². The van der Waals surface area contributed by atoms with E-state index in [9.17, 15) is 13.2 Å². The number of aryl methyl sites for hydroxylation is 1. The van der Waals surface area contributed by atoms with Crippen LogP contribution in [0.3, 0.4) is 0 Å². The van der Waals surface area contributed by atoms with Gasteiger partial charge in [-0.15, -0.1) is 11.3 Å². The van der Waals surface area contributed by atoms with Gasteiger partial charge in [0.1, 0.15) is 0 Å². The molecule has 35 heavy (non-hydrogen) atoms. The lowest BCUT2D eigenvalue weighted by molar-refractivity contribution is -0.132. The van der Waals surface area contributed by atoms with Gasteiger partial charge < -0.3 is 9.64 Å². The van der Waals surface area contributed by atoms with Gasteiger partial charge in [0, 0.05) is 37.1 Å². The molecule has 0 aliphatic carbocycles. The number of carbonyl (C=O) groups is 1. The summed E-state index contributed by atoms with van der Waals surface area (Å²) in [7, 11) is -2.25. The molecule has 6 nitrogen and oxygen atoms in total. The minimum atomic E-state index is -3.82. The number of benzene rings is 2. The van der Waals surface area contributed by atoms with Gasteiger partial charge in [0.05, 0.1) is 13.1 Å². The minimum Gasteiger partial charge on any atom is -0.385 e. The third-order valence-corrected chi connectivity index (χ3v) is 8.05. The first-order valence-corrected chi connectivity index (χ1v) is 13.8. The molecule has 0 N–H and O–H groups in total. The van der Waals surface area contributed by atoms with E-state index in [0.717, 1.165) is 21.6 Å². The van der Waals surface area contributed by atoms with Crippen molar-refractivity contribution in [3.63, 3.8) is 0 Å². The molecule has 0 saturated carbocycles. The van der Waals surface area contributed by atoms with Gasteiger partial charge in [-0.25, -0.2) is 8.42 Å². The van der Waals surface area contributed by atoms with Crippen LogP contribution in [0.2, 0.25) is 0 Å². The summed E-state index contributed by atoms with van der Waals surface area (Å²) in [5.41, 5.74) is 2.89. The number of ether oxygens (including phenoxy) is 1. The fraction of sp³-hybridized carbons (Fsp3) is 0.296. The van der Waals surface area contributed by atoms with Crippen molar-refractivity contribution in [3.05, 3.63) is 99.1 Å². The maximum absolute atomic E-state index is 13.5. The summed E-state index contributed by atoms with van der Waals surface area (Å²) in [6, 6.07) is 21.0. The Labute approximate surface area is 212 Å². The van der Waals surface area contributed by atoms with Gasteiger partial charge in [-0.2, -0.15) is 4.31 Å². The molecule has 0 aliphatic heterocycles. The van der Waals surface area contributed by atoms with Gasteiger partial charge in [-0.1, -0.05) is 60.7 Å². The summed E-state index contributed by atoms with van der Waals surface area (Å²) in [6.07, 6.45) is 2.05. The maximum Gasteiger partial charge on any atom is 0.238 e. The lowest BCUT2D eigenvalue weighted by Crippen LogP contribution is -2.42. The number of hydrogen-bond acceptors (Lipinski definition) is 5. The number of sulfonamides is 1. The molecule has 0 atom stereocenters. The normalized spacial score (nSPS) is 11.9. The molecule has 8 heteroatoms. The van der Waals surface area contributed by atoms with Crippen LogP contribution in [0.1, 0.15) is 28.0 Å². The second-order valence-electron chi connectivity index (χ2n) is 8.20. The fourth-order valence-corrected chi connectivity index (χ4v) is 5.62. The van der Waals surface area contributed by atoms with Crippen molar-refractivity contribution in [3.8, 4) is 0 Å². The van der Waals surface area contributed by atoms with Gasteiger partial charge >= 0.3 is 0 Å². The number of nitrogens with zero attached hydrogens (tertiary/aromatic N) is 2. The molecule has 0 bridgehead atoms. The van der Waals surface area contributed by atoms with Crippen LogP contribution in [0.15, 0.2) is 77.5 Å². The van der Waals surface area contributed by atoms with Gasteiger partial charge in [-0.05, 0) is 47.6 Å². The molecule has 0 spiro atoms. The number of carbonyl (C=O) groups excluding carboxylic acids is 1. The molecule has 1 amide bonds. The summed E-state index contributed by atoms with van der Waals surface area (Å²) in [5, 5.41) is 3.18. The number of hydrogen-bond donors (Lipinski definition) is 0. The highest BCUT2D eigenvalue weighted by Gasteiger charge is 2.25. The Morgan fingerprint density at radius 3 is 2.31 bits per heavy atom. The molecule has 1 heterocycles. The van der Waals surface area contributed by atoms with Crippen molar-refractivity contribution in [2.45, 2.75) is 26.4 Å². The zero-order valence-electron chi connectivity index (χ0n) is 20.2. The Kier molecular flexibility index (Phi) is 10.2. The molecule has 186 valence electrons. The van der Waals surface area contributed by atoms with E-state index in [1.165, 1.54) is 9.71 Å². The topological polar surface area (TPSA) is 66.9 Å². The standard InChI is InChI=1S/C27H32N2O4S2/c1-23-14-18-34-26(23)21-28(20-25-12-7-4-8-13-25)27(30)22-29(16-9-17-33-2)35(31,32)19-15-24-10-5-3-6-11-24/h3-8,10-15,18-19H,9,16-17,20-22H2,1-2H3. The largest absolute Gasteiger partial charge is 0.385 e. The molecule has 0 fully saturated rings. The first-order valence-electron chi connectivity index (χ1n) is 11.5. The summed E-state index contributed by atoms with van der Waals surface area (Å²) < 4.78 is 32.8. The average molecular weight is 513 g/mol. The third kappa shape index (κ3) is 8.43. The van der Waals surface area contributed by atoms with Crippen molar-refractivity contribution < 1.29 is 17.9 Å². The van der Waals surface area contributed by atoms with E-state index in [4.69, 9.17) is 4.74 Å². The zero-order chi connectivity index (χ0) is 25.1. The van der Waals surface area contributed by atoms with Crippen LogP contribution in [0, 0.1) is 6.92 Å². The number of thiophene rings is 1. The lowest BCUT2D eigenvalue weighted by atomic mass is 10.2. The zero-order valence-corrected chi connectivity index (χ0v) is 21.8. The van der Waals surface area contributed by atoms with E-state index < -0.39 is 10.0 Å². The van der Waals surface area contributed by atoms with Crippen LogP contribution < -0.4 is 0 Å². The Balaban J connectivity index is 1.82. The molecule has 1 aromatic heterocycles. The van der Waals surface area contributed by atoms with Crippen LogP contribution in [0.25, 0.3) is 6.08 Å². The summed E-state index contributed by atoms with van der Waals surface area (Å²) in [5.74, 6) is -0.240. The van der Waals surface area contributed by atoms with E-state index in [1.54, 1.807) is 29.4 Å². The molecular weight excluding hydrogens is 480 g/mol. The van der Waals surface area contributed by atoms with Crippen LogP contribution >= 0.6 is 11.3 Å². The van der Waals surface area contributed by atoms with Crippen LogP contribution in [0.4, 0.5) is 0 Å². The smallest absolute Gasteiger partial charge is 0.238 e. The van der Waals surface area contributed by atoms with Crippen LogP contribution in [-0.2, 0) is 32.6 Å². The Hall–Kier alpha value is -2.78. The van der Waals surface area contributed by atoms with Crippen LogP contribution in [-0.4, -0.2) is 50.3 Å². The maximum atomic E-state index is 13.5. The first kappa shape index (κ1) is 26.8. The van der Waals surface area contributed by atoms with Gasteiger partial charge in [0.25, 0.3) is 0 Å². The van der Waals surface area contributed by atoms with Crippen molar-refractivity contribution >= 4 is 33.3 Å². The average Bonchev–Trinajstić information content (AvgIpc) is 3.27. The Morgan fingerprint density at radius 2 is 1.69 bits per heavy atom. The van der Waals surface area contributed by atoms with Gasteiger partial charge in [0.2, 0.25) is 15.9 Å². The van der Waals surface area contributed by atoms with Crippen molar-refractivity contribution in [2.75, 3.05) is 26.8 Å². The highest BCUT2D eigenvalue weighted by molar-refractivity contribution is 7.92. The van der Waals surface area contributed by atoms with Gasteiger partial charge in [0.15, 0.2) is 0 Å². The first-order chi connectivity index (χ1) is 16.9. The summed E-state index contributed by atoms with van der Waals surface area (Å²) in [6.45, 7) is 3.23. The van der Waals surface area contributed by atoms with E-state index in [1.807, 2.05) is 79.0 Å². The molecule has 2 aromatic carbocycles. The van der Waals surface area contributed by atoms with E-state index in [-0.39, 0.29) is 19.0 Å². The molecule has 3 aromatic rings. The molecule has 0 aliphatic rings. The monoisotopic (exact) mass is 512 g/mol. The Bertz CT molecular complexity index is 1190. The van der Waals surface area contributed by atoms with E-state index >= 15 is 0 Å². The number of amides is 1. The molecule has 0 saturated heterocycles. The molecule has 0 unspecified atom stereocenters. The quantitative estimate of drug-likeness (QED) is 0.305. The second kappa shape index (κ2) is 13.3. The van der Waals surface area contributed by atoms with Crippen molar-refractivity contribution in [2.24, 2.45) is 0 Å². The summed E-state index contributed by atoms with van der Waals surface area (Å²) in [4.78, 5) is 16.3. The van der Waals surface area contributed by atoms with Gasteiger partial charge in [-0.3, -0.25) is 4.79 Å². The highest BCUT2D eigenvalue weighted by Crippen LogP contribution is 2.20. The van der Waals surface area contributed by atoms with Crippen LogP contribution in [0.5, 0.6) is 0 Å². The van der Waals surface area contributed by atoms with Crippen molar-refractivity contribution in [1.82, 2.24) is 9.21 Å². The Morgan fingerprint density at radius 1 is 1.00 bits per heavy atom. The SMILES string of the molecule is COCCCN(CC(=O)N(Cc1ccccc1)Cc1sccc1C)S(=O)(=O)C=Cc1ccccc1. The van der Waals surface area contributed by atoms with Crippen molar-refractivity contribution in [1.29, 1.82) is 0 Å². The third-order valence-electron chi connectivity index (χ3n) is 5.53. The fourth-order valence-electron chi connectivity index (χ4n) is 3.52. The summed E-state index contributed by atoms with van der Waals surface area (Å²) >= 11 is 1.60. The highest BCUT2D eigenvalue weighted by atomic mass is 32.2. The minimum absolute atomic E-state index is 0.193. The second-order valence-corrected chi connectivity index (χ2v) is 11.0. The lowest BCUT2D eigenvalue weighted by Gasteiger charge is -2.27. The molecular formula is C27H32N2O4S2. The predicted octanol–water partition coefficient (Wildman–Crippen LogP) is 4.92.